The minimum Gasteiger partial charge on any atom is -0.354 e. The standard InChI is InChI=1S/C12H22N2O.ClH/c1-2-12(5-6-12)9-14-11(15)8-13-7-10-3-4-10;/h10,13H,2-9H2,1H3,(H,14,15);1H. The second-order valence-corrected chi connectivity index (χ2v) is 5.20. The van der Waals surface area contributed by atoms with Crippen LogP contribution in [-0.2, 0) is 4.79 Å². The molecule has 2 saturated carbocycles. The summed E-state index contributed by atoms with van der Waals surface area (Å²) in [6.45, 7) is 4.61. The molecule has 2 aliphatic rings. The van der Waals surface area contributed by atoms with Crippen LogP contribution in [0.2, 0.25) is 0 Å². The molecule has 2 N–H and O–H groups in total. The van der Waals surface area contributed by atoms with Crippen molar-refractivity contribution in [1.82, 2.24) is 10.6 Å². The van der Waals surface area contributed by atoms with E-state index in [-0.39, 0.29) is 18.3 Å². The molecule has 3 nitrogen and oxygen atoms in total. The third kappa shape index (κ3) is 4.30. The first-order valence-corrected chi connectivity index (χ1v) is 6.21. The van der Waals surface area contributed by atoms with E-state index in [1.165, 1.54) is 32.1 Å². The van der Waals surface area contributed by atoms with Gasteiger partial charge in [0, 0.05) is 6.54 Å². The monoisotopic (exact) mass is 246 g/mol. The minimum absolute atomic E-state index is 0. The number of rotatable bonds is 7. The average molecular weight is 247 g/mol. The molecule has 0 unspecified atom stereocenters. The molecule has 0 spiro atoms. The lowest BCUT2D eigenvalue weighted by molar-refractivity contribution is -0.120. The second-order valence-electron chi connectivity index (χ2n) is 5.20. The Labute approximate surface area is 104 Å². The number of carbonyl (C=O) groups is 1. The molecular formula is C12H23ClN2O. The van der Waals surface area contributed by atoms with E-state index in [1.807, 2.05) is 0 Å². The van der Waals surface area contributed by atoms with Crippen molar-refractivity contribution in [3.63, 3.8) is 0 Å². The maximum atomic E-state index is 11.5. The van der Waals surface area contributed by atoms with E-state index in [1.54, 1.807) is 0 Å². The second kappa shape index (κ2) is 5.87. The van der Waals surface area contributed by atoms with Gasteiger partial charge in [-0.3, -0.25) is 4.79 Å². The third-order valence-corrected chi connectivity index (χ3v) is 3.78. The molecule has 4 heteroatoms. The van der Waals surface area contributed by atoms with Gasteiger partial charge < -0.3 is 10.6 Å². The zero-order valence-electron chi connectivity index (χ0n) is 10.1. The number of hydrogen-bond donors (Lipinski definition) is 2. The minimum atomic E-state index is 0. The largest absolute Gasteiger partial charge is 0.354 e. The highest BCUT2D eigenvalue weighted by Gasteiger charge is 2.40. The number of halogens is 1. The number of hydrogen-bond acceptors (Lipinski definition) is 2. The lowest BCUT2D eigenvalue weighted by atomic mass is 10.0. The van der Waals surface area contributed by atoms with Gasteiger partial charge >= 0.3 is 0 Å². The highest BCUT2D eigenvalue weighted by molar-refractivity contribution is 5.85. The van der Waals surface area contributed by atoms with Crippen LogP contribution in [0.3, 0.4) is 0 Å². The lowest BCUT2D eigenvalue weighted by Gasteiger charge is -2.13. The fourth-order valence-electron chi connectivity index (χ4n) is 1.89. The normalized spacial score (nSPS) is 21.1. The topological polar surface area (TPSA) is 41.1 Å². The first-order valence-electron chi connectivity index (χ1n) is 6.21. The summed E-state index contributed by atoms with van der Waals surface area (Å²) >= 11 is 0. The summed E-state index contributed by atoms with van der Waals surface area (Å²) < 4.78 is 0. The van der Waals surface area contributed by atoms with Crippen LogP contribution in [0.4, 0.5) is 0 Å². The maximum absolute atomic E-state index is 11.5. The van der Waals surface area contributed by atoms with Gasteiger partial charge in [0.1, 0.15) is 0 Å². The van der Waals surface area contributed by atoms with Crippen molar-refractivity contribution in [3.8, 4) is 0 Å². The molecule has 2 fully saturated rings. The lowest BCUT2D eigenvalue weighted by Crippen LogP contribution is -2.37. The van der Waals surface area contributed by atoms with Crippen LogP contribution in [0.15, 0.2) is 0 Å². The van der Waals surface area contributed by atoms with Crippen molar-refractivity contribution in [2.75, 3.05) is 19.6 Å². The van der Waals surface area contributed by atoms with Crippen molar-refractivity contribution in [3.05, 3.63) is 0 Å². The van der Waals surface area contributed by atoms with Crippen LogP contribution in [0.1, 0.15) is 39.0 Å². The number of nitrogens with one attached hydrogen (secondary N) is 2. The van der Waals surface area contributed by atoms with Crippen molar-refractivity contribution >= 4 is 18.3 Å². The van der Waals surface area contributed by atoms with E-state index in [2.05, 4.69) is 17.6 Å². The molecule has 0 radical (unpaired) electrons. The molecule has 0 aromatic rings. The molecule has 1 amide bonds. The summed E-state index contributed by atoms with van der Waals surface area (Å²) in [5.74, 6) is 1.01. The molecule has 2 aliphatic carbocycles. The fraction of sp³-hybridized carbons (Fsp3) is 0.917. The molecule has 16 heavy (non-hydrogen) atoms. The summed E-state index contributed by atoms with van der Waals surface area (Å²) in [5, 5.41) is 6.24. The Balaban J connectivity index is 0.00000128. The molecule has 0 aliphatic heterocycles. The van der Waals surface area contributed by atoms with Crippen LogP contribution < -0.4 is 10.6 Å². The molecule has 0 aromatic carbocycles. The number of amides is 1. The SMILES string of the molecule is CCC1(CNC(=O)CNCC2CC2)CC1.Cl. The van der Waals surface area contributed by atoms with Gasteiger partial charge in [0.15, 0.2) is 0 Å². The molecule has 2 rings (SSSR count). The van der Waals surface area contributed by atoms with E-state index in [9.17, 15) is 4.79 Å². The zero-order chi connectivity index (χ0) is 10.7. The molecule has 0 atom stereocenters. The van der Waals surface area contributed by atoms with Crippen LogP contribution in [0, 0.1) is 11.3 Å². The van der Waals surface area contributed by atoms with Gasteiger partial charge in [-0.15, -0.1) is 12.4 Å². The molecule has 0 saturated heterocycles. The summed E-state index contributed by atoms with van der Waals surface area (Å²) in [4.78, 5) is 11.5. The van der Waals surface area contributed by atoms with E-state index < -0.39 is 0 Å². The Bertz CT molecular complexity index is 237. The van der Waals surface area contributed by atoms with Crippen LogP contribution in [-0.4, -0.2) is 25.5 Å². The highest BCUT2D eigenvalue weighted by Crippen LogP contribution is 2.47. The van der Waals surface area contributed by atoms with Gasteiger partial charge in [-0.1, -0.05) is 6.92 Å². The molecule has 0 aromatic heterocycles. The molecule has 0 bridgehead atoms. The van der Waals surface area contributed by atoms with Gasteiger partial charge in [-0.05, 0) is 50.0 Å². The van der Waals surface area contributed by atoms with Crippen molar-refractivity contribution in [2.45, 2.75) is 39.0 Å². The van der Waals surface area contributed by atoms with Gasteiger partial charge in [0.2, 0.25) is 5.91 Å². The van der Waals surface area contributed by atoms with Crippen molar-refractivity contribution in [2.24, 2.45) is 11.3 Å². The first-order chi connectivity index (χ1) is 7.24. The van der Waals surface area contributed by atoms with E-state index >= 15 is 0 Å². The predicted octanol–water partition coefficient (Wildman–Crippen LogP) is 1.71. The van der Waals surface area contributed by atoms with Crippen LogP contribution >= 0.6 is 12.4 Å². The summed E-state index contributed by atoms with van der Waals surface area (Å²) in [7, 11) is 0. The zero-order valence-corrected chi connectivity index (χ0v) is 10.9. The van der Waals surface area contributed by atoms with E-state index in [4.69, 9.17) is 0 Å². The summed E-state index contributed by atoms with van der Waals surface area (Å²) in [5.41, 5.74) is 0.464. The maximum Gasteiger partial charge on any atom is 0.233 e. The molecular weight excluding hydrogens is 224 g/mol. The van der Waals surface area contributed by atoms with Gasteiger partial charge in [-0.2, -0.15) is 0 Å². The van der Waals surface area contributed by atoms with Gasteiger partial charge in [-0.25, -0.2) is 0 Å². The smallest absolute Gasteiger partial charge is 0.233 e. The Morgan fingerprint density at radius 1 is 1.38 bits per heavy atom. The van der Waals surface area contributed by atoms with Crippen LogP contribution in [0.5, 0.6) is 0 Å². The molecule has 94 valence electrons. The van der Waals surface area contributed by atoms with Crippen molar-refractivity contribution < 1.29 is 4.79 Å². The Morgan fingerprint density at radius 2 is 2.06 bits per heavy atom. The fourth-order valence-corrected chi connectivity index (χ4v) is 1.89. The quantitative estimate of drug-likeness (QED) is 0.718. The van der Waals surface area contributed by atoms with Gasteiger partial charge in [0.05, 0.1) is 6.54 Å². The number of carbonyl (C=O) groups excluding carboxylic acids is 1. The van der Waals surface area contributed by atoms with Gasteiger partial charge in [0.25, 0.3) is 0 Å². The highest BCUT2D eigenvalue weighted by atomic mass is 35.5. The third-order valence-electron chi connectivity index (χ3n) is 3.78. The molecule has 0 heterocycles. The average Bonchev–Trinajstić information content (AvgIpc) is 3.11. The Kier molecular flexibility index (Phi) is 5.06. The predicted molar refractivity (Wildman–Crippen MR) is 67.8 cm³/mol. The van der Waals surface area contributed by atoms with Crippen LogP contribution in [0.25, 0.3) is 0 Å². The Morgan fingerprint density at radius 3 is 2.56 bits per heavy atom. The first kappa shape index (κ1) is 13.8. The van der Waals surface area contributed by atoms with E-state index in [0.29, 0.717) is 12.0 Å². The summed E-state index contributed by atoms with van der Waals surface area (Å²) in [6.07, 6.45) is 6.46. The summed E-state index contributed by atoms with van der Waals surface area (Å²) in [6, 6.07) is 0. The van der Waals surface area contributed by atoms with Crippen molar-refractivity contribution in [1.29, 1.82) is 0 Å². The van der Waals surface area contributed by atoms with E-state index in [0.717, 1.165) is 19.0 Å². The Hall–Kier alpha value is -0.280.